The molecule has 0 aromatic heterocycles. The number of aryl methyl sites for hydroxylation is 1. The molecule has 19 heavy (non-hydrogen) atoms. The Morgan fingerprint density at radius 3 is 2.68 bits per heavy atom. The van der Waals surface area contributed by atoms with Crippen LogP contribution in [-0.4, -0.2) is 7.11 Å². The number of anilines is 1. The summed E-state index contributed by atoms with van der Waals surface area (Å²) in [4.78, 5) is 0. The van der Waals surface area contributed by atoms with Crippen LogP contribution in [-0.2, 0) is 6.42 Å². The Balaban J connectivity index is 1.78. The van der Waals surface area contributed by atoms with E-state index in [9.17, 15) is 4.39 Å². The first-order chi connectivity index (χ1) is 9.26. The monoisotopic (exact) mass is 257 g/mol. The normalized spacial score (nSPS) is 17.1. The number of benzene rings is 2. The highest BCUT2D eigenvalue weighted by atomic mass is 19.1. The van der Waals surface area contributed by atoms with Crippen LogP contribution >= 0.6 is 0 Å². The Morgan fingerprint density at radius 1 is 1.16 bits per heavy atom. The van der Waals surface area contributed by atoms with E-state index in [-0.39, 0.29) is 11.9 Å². The van der Waals surface area contributed by atoms with Crippen molar-refractivity contribution in [3.05, 3.63) is 59.4 Å². The third kappa shape index (κ3) is 2.41. The van der Waals surface area contributed by atoms with Gasteiger partial charge in [-0.15, -0.1) is 0 Å². The van der Waals surface area contributed by atoms with E-state index < -0.39 is 0 Å². The molecule has 1 unspecified atom stereocenters. The lowest BCUT2D eigenvalue weighted by molar-refractivity contribution is 0.415. The van der Waals surface area contributed by atoms with Crippen molar-refractivity contribution in [2.75, 3.05) is 12.4 Å². The molecule has 0 spiro atoms. The minimum Gasteiger partial charge on any atom is -0.497 e. The minimum absolute atomic E-state index is 0.149. The molecule has 2 aromatic carbocycles. The van der Waals surface area contributed by atoms with Crippen LogP contribution in [0.25, 0.3) is 0 Å². The molecule has 0 amide bonds. The summed E-state index contributed by atoms with van der Waals surface area (Å²) in [7, 11) is 1.66. The van der Waals surface area contributed by atoms with E-state index in [1.165, 1.54) is 11.6 Å². The second kappa shape index (κ2) is 4.92. The SMILES string of the molecule is COc1ccc(NC2CCc3cc(F)ccc32)cc1. The fraction of sp³-hybridized carbons (Fsp3) is 0.250. The molecule has 0 bridgehead atoms. The fourth-order valence-electron chi connectivity index (χ4n) is 2.62. The Bertz CT molecular complexity index is 580. The van der Waals surface area contributed by atoms with Crippen LogP contribution in [0.2, 0.25) is 0 Å². The zero-order chi connectivity index (χ0) is 13.2. The molecular formula is C16H16FNO. The molecule has 0 radical (unpaired) electrons. The first kappa shape index (κ1) is 12.0. The number of fused-ring (bicyclic) bond motifs is 1. The minimum atomic E-state index is -0.149. The fourth-order valence-corrected chi connectivity index (χ4v) is 2.62. The summed E-state index contributed by atoms with van der Waals surface area (Å²) >= 11 is 0. The second-order valence-electron chi connectivity index (χ2n) is 4.81. The van der Waals surface area contributed by atoms with E-state index in [1.54, 1.807) is 13.2 Å². The molecule has 0 heterocycles. The standard InChI is InChI=1S/C16H16FNO/c1-19-14-6-4-13(5-7-14)18-16-9-2-11-10-12(17)3-8-15(11)16/h3-8,10,16,18H,2,9H2,1H3. The highest BCUT2D eigenvalue weighted by Crippen LogP contribution is 2.34. The summed E-state index contributed by atoms with van der Waals surface area (Å²) in [6.07, 6.45) is 1.94. The molecule has 0 saturated heterocycles. The number of ether oxygens (including phenoxy) is 1. The average molecular weight is 257 g/mol. The zero-order valence-electron chi connectivity index (χ0n) is 10.8. The third-order valence-corrected chi connectivity index (χ3v) is 3.61. The van der Waals surface area contributed by atoms with E-state index in [1.807, 2.05) is 30.3 Å². The van der Waals surface area contributed by atoms with Gasteiger partial charge < -0.3 is 10.1 Å². The van der Waals surface area contributed by atoms with Gasteiger partial charge >= 0.3 is 0 Å². The Morgan fingerprint density at radius 2 is 1.95 bits per heavy atom. The van der Waals surface area contributed by atoms with Gasteiger partial charge in [0.25, 0.3) is 0 Å². The molecule has 1 aliphatic rings. The van der Waals surface area contributed by atoms with Crippen LogP contribution in [0, 0.1) is 5.82 Å². The van der Waals surface area contributed by atoms with Gasteiger partial charge in [-0.05, 0) is 60.4 Å². The summed E-state index contributed by atoms with van der Waals surface area (Å²) in [5.74, 6) is 0.697. The Kier molecular flexibility index (Phi) is 3.11. The molecular weight excluding hydrogens is 241 g/mol. The van der Waals surface area contributed by atoms with Gasteiger partial charge in [-0.3, -0.25) is 0 Å². The highest BCUT2D eigenvalue weighted by Gasteiger charge is 2.22. The molecule has 1 N–H and O–H groups in total. The van der Waals surface area contributed by atoms with Crippen molar-refractivity contribution in [3.8, 4) is 5.75 Å². The quantitative estimate of drug-likeness (QED) is 0.899. The van der Waals surface area contributed by atoms with Crippen molar-refractivity contribution < 1.29 is 9.13 Å². The van der Waals surface area contributed by atoms with Crippen LogP contribution in [0.1, 0.15) is 23.6 Å². The van der Waals surface area contributed by atoms with Crippen molar-refractivity contribution in [2.45, 2.75) is 18.9 Å². The van der Waals surface area contributed by atoms with E-state index in [0.717, 1.165) is 29.8 Å². The van der Waals surface area contributed by atoms with Gasteiger partial charge in [0.15, 0.2) is 0 Å². The van der Waals surface area contributed by atoms with Crippen LogP contribution in [0.4, 0.5) is 10.1 Å². The maximum atomic E-state index is 13.2. The van der Waals surface area contributed by atoms with Gasteiger partial charge in [0, 0.05) is 5.69 Å². The van der Waals surface area contributed by atoms with Crippen LogP contribution in [0.15, 0.2) is 42.5 Å². The summed E-state index contributed by atoms with van der Waals surface area (Å²) in [6.45, 7) is 0. The first-order valence-electron chi connectivity index (χ1n) is 6.45. The predicted octanol–water partition coefficient (Wildman–Crippen LogP) is 3.93. The molecule has 3 rings (SSSR count). The van der Waals surface area contributed by atoms with Gasteiger partial charge in [0.2, 0.25) is 0 Å². The molecule has 2 aromatic rings. The molecule has 1 atom stereocenters. The maximum absolute atomic E-state index is 13.2. The van der Waals surface area contributed by atoms with Gasteiger partial charge in [-0.2, -0.15) is 0 Å². The molecule has 2 nitrogen and oxygen atoms in total. The van der Waals surface area contributed by atoms with Crippen LogP contribution < -0.4 is 10.1 Å². The lowest BCUT2D eigenvalue weighted by atomic mass is 10.1. The summed E-state index contributed by atoms with van der Waals surface area (Å²) in [5, 5.41) is 3.49. The number of rotatable bonds is 3. The lowest BCUT2D eigenvalue weighted by Crippen LogP contribution is -2.06. The molecule has 98 valence electrons. The van der Waals surface area contributed by atoms with Crippen molar-refractivity contribution in [1.82, 2.24) is 0 Å². The van der Waals surface area contributed by atoms with Gasteiger partial charge in [-0.25, -0.2) is 4.39 Å². The van der Waals surface area contributed by atoms with Crippen molar-refractivity contribution in [2.24, 2.45) is 0 Å². The second-order valence-corrected chi connectivity index (χ2v) is 4.81. The van der Waals surface area contributed by atoms with E-state index in [2.05, 4.69) is 5.32 Å². The maximum Gasteiger partial charge on any atom is 0.123 e. The third-order valence-electron chi connectivity index (χ3n) is 3.61. The molecule has 0 fully saturated rings. The number of halogens is 1. The lowest BCUT2D eigenvalue weighted by Gasteiger charge is -2.15. The van der Waals surface area contributed by atoms with E-state index >= 15 is 0 Å². The Labute approximate surface area is 112 Å². The Hall–Kier alpha value is -2.03. The molecule has 3 heteroatoms. The largest absolute Gasteiger partial charge is 0.497 e. The summed E-state index contributed by atoms with van der Waals surface area (Å²) in [6, 6.07) is 13.2. The van der Waals surface area contributed by atoms with Crippen molar-refractivity contribution >= 4 is 5.69 Å². The zero-order valence-corrected chi connectivity index (χ0v) is 10.8. The number of methoxy groups -OCH3 is 1. The van der Waals surface area contributed by atoms with Gasteiger partial charge in [-0.1, -0.05) is 6.07 Å². The first-order valence-corrected chi connectivity index (χ1v) is 6.45. The number of nitrogens with one attached hydrogen (secondary N) is 1. The van der Waals surface area contributed by atoms with Crippen molar-refractivity contribution in [3.63, 3.8) is 0 Å². The summed E-state index contributed by atoms with van der Waals surface area (Å²) < 4.78 is 18.3. The van der Waals surface area contributed by atoms with E-state index in [4.69, 9.17) is 4.74 Å². The highest BCUT2D eigenvalue weighted by molar-refractivity contribution is 5.50. The van der Waals surface area contributed by atoms with E-state index in [0.29, 0.717) is 0 Å². The molecule has 1 aliphatic carbocycles. The predicted molar refractivity (Wildman–Crippen MR) is 74.1 cm³/mol. The molecule has 0 aliphatic heterocycles. The van der Waals surface area contributed by atoms with Crippen LogP contribution in [0.3, 0.4) is 0 Å². The topological polar surface area (TPSA) is 21.3 Å². The number of hydrogen-bond acceptors (Lipinski definition) is 2. The van der Waals surface area contributed by atoms with Gasteiger partial charge in [0.1, 0.15) is 11.6 Å². The van der Waals surface area contributed by atoms with Gasteiger partial charge in [0.05, 0.1) is 13.2 Å². The smallest absolute Gasteiger partial charge is 0.123 e. The summed E-state index contributed by atoms with van der Waals surface area (Å²) in [5.41, 5.74) is 3.38. The van der Waals surface area contributed by atoms with Crippen molar-refractivity contribution in [1.29, 1.82) is 0 Å². The average Bonchev–Trinajstić information content (AvgIpc) is 2.82. The molecule has 0 saturated carbocycles. The van der Waals surface area contributed by atoms with Crippen LogP contribution in [0.5, 0.6) is 5.75 Å². The number of hydrogen-bond donors (Lipinski definition) is 1.